The van der Waals surface area contributed by atoms with Gasteiger partial charge in [-0.15, -0.1) is 0 Å². The van der Waals surface area contributed by atoms with Gasteiger partial charge in [0.25, 0.3) is 0 Å². The maximum absolute atomic E-state index is 14.1. The van der Waals surface area contributed by atoms with Crippen LogP contribution in [0.4, 0.5) is 27.5 Å². The average Bonchev–Trinajstić information content (AvgIpc) is 2.71. The second-order valence-corrected chi connectivity index (χ2v) is 7.86. The monoisotopic (exact) mass is 446 g/mol. The molecule has 0 saturated heterocycles. The molecule has 0 atom stereocenters. The number of hydrogen-bond acceptors (Lipinski definition) is 8. The number of aromatic nitrogens is 2. The highest BCUT2D eigenvalue weighted by atomic mass is 32.2. The smallest absolute Gasteiger partial charge is 0.238 e. The second kappa shape index (κ2) is 9.36. The van der Waals surface area contributed by atoms with Gasteiger partial charge in [0.15, 0.2) is 11.6 Å². The average molecular weight is 446 g/mol. The number of anilines is 4. The molecule has 162 valence electrons. The van der Waals surface area contributed by atoms with E-state index in [1.54, 1.807) is 24.3 Å². The fourth-order valence-corrected chi connectivity index (χ4v) is 2.93. The summed E-state index contributed by atoms with van der Waals surface area (Å²) in [5.41, 5.74) is 6.09. The molecular formula is C19H19FN6O4S. The van der Waals surface area contributed by atoms with Crippen LogP contribution in [0.3, 0.4) is 0 Å². The van der Waals surface area contributed by atoms with Gasteiger partial charge in [0, 0.05) is 11.4 Å². The Labute approximate surface area is 177 Å². The lowest BCUT2D eigenvalue weighted by Gasteiger charge is -2.11. The summed E-state index contributed by atoms with van der Waals surface area (Å²) in [4.78, 5) is 18.6. The second-order valence-electron chi connectivity index (χ2n) is 6.30. The number of nitrogens with zero attached hydrogens (tertiary/aromatic N) is 2. The summed E-state index contributed by atoms with van der Waals surface area (Å²) in [6.45, 7) is 0.163. The van der Waals surface area contributed by atoms with Crippen LogP contribution in [0.5, 0.6) is 5.75 Å². The molecule has 31 heavy (non-hydrogen) atoms. The molecule has 3 aromatic rings. The minimum atomic E-state index is -3.80. The molecular weight excluding hydrogens is 427 g/mol. The van der Waals surface area contributed by atoms with Gasteiger partial charge < -0.3 is 21.1 Å². The van der Waals surface area contributed by atoms with Crippen molar-refractivity contribution < 1.29 is 22.3 Å². The van der Waals surface area contributed by atoms with E-state index in [1.807, 2.05) is 0 Å². The van der Waals surface area contributed by atoms with E-state index in [2.05, 4.69) is 20.6 Å². The lowest BCUT2D eigenvalue weighted by atomic mass is 10.3. The van der Waals surface area contributed by atoms with Gasteiger partial charge in [-0.05, 0) is 48.5 Å². The van der Waals surface area contributed by atoms with Crippen molar-refractivity contribution in [2.45, 2.75) is 11.3 Å². The molecule has 0 aliphatic heterocycles. The molecule has 1 heterocycles. The van der Waals surface area contributed by atoms with Gasteiger partial charge in [-0.1, -0.05) is 0 Å². The molecule has 0 bridgehead atoms. The largest absolute Gasteiger partial charge is 0.493 e. The standard InChI is InChI=1S/C19H19FN6O4S/c20-16-11-23-19(25-13-3-7-15(8-4-13)31(22,28)29)26-18(16)24-12-1-5-14(6-2-12)30-10-9-17(21)27/h1-8,11H,9-10H2,(H2,21,27)(H2,22,28,29)(H2,23,24,25,26). The first-order chi connectivity index (χ1) is 14.7. The summed E-state index contributed by atoms with van der Waals surface area (Å²) in [6, 6.07) is 12.2. The Bertz CT molecular complexity index is 1170. The van der Waals surface area contributed by atoms with Crippen molar-refractivity contribution in [3.63, 3.8) is 0 Å². The predicted molar refractivity (Wildman–Crippen MR) is 112 cm³/mol. The number of carbonyl (C=O) groups excluding carboxylic acids is 1. The molecule has 0 unspecified atom stereocenters. The van der Waals surface area contributed by atoms with E-state index in [-0.39, 0.29) is 29.7 Å². The van der Waals surface area contributed by atoms with Crippen molar-refractivity contribution in [2.24, 2.45) is 10.9 Å². The molecule has 0 spiro atoms. The number of nitrogens with two attached hydrogens (primary N) is 2. The van der Waals surface area contributed by atoms with Gasteiger partial charge in [-0.25, -0.2) is 22.9 Å². The van der Waals surface area contributed by atoms with Crippen LogP contribution in [-0.4, -0.2) is 30.9 Å². The Hall–Kier alpha value is -3.77. The summed E-state index contributed by atoms with van der Waals surface area (Å²) >= 11 is 0. The lowest BCUT2D eigenvalue weighted by molar-refractivity contribution is -0.118. The number of nitrogens with one attached hydrogen (secondary N) is 2. The van der Waals surface area contributed by atoms with Gasteiger partial charge in [0.2, 0.25) is 21.9 Å². The number of ether oxygens (including phenoxy) is 1. The number of hydrogen-bond donors (Lipinski definition) is 4. The fraction of sp³-hybridized carbons (Fsp3) is 0.105. The number of sulfonamides is 1. The Morgan fingerprint density at radius 2 is 1.65 bits per heavy atom. The van der Waals surface area contributed by atoms with Crippen LogP contribution < -0.4 is 26.2 Å². The highest BCUT2D eigenvalue weighted by Crippen LogP contribution is 2.23. The van der Waals surface area contributed by atoms with Gasteiger partial charge in [0.05, 0.1) is 24.1 Å². The number of benzene rings is 2. The SMILES string of the molecule is NC(=O)CCOc1ccc(Nc2nc(Nc3ccc(S(N)(=O)=O)cc3)ncc2F)cc1. The minimum absolute atomic E-state index is 0.0394. The quantitative estimate of drug-likeness (QED) is 0.388. The van der Waals surface area contributed by atoms with Crippen molar-refractivity contribution in [1.82, 2.24) is 9.97 Å². The van der Waals surface area contributed by atoms with Crippen LogP contribution in [0.25, 0.3) is 0 Å². The molecule has 0 radical (unpaired) electrons. The number of rotatable bonds is 9. The van der Waals surface area contributed by atoms with Crippen molar-refractivity contribution in [1.29, 1.82) is 0 Å². The van der Waals surface area contributed by atoms with Gasteiger partial charge in [-0.2, -0.15) is 4.98 Å². The van der Waals surface area contributed by atoms with E-state index in [0.29, 0.717) is 17.1 Å². The van der Waals surface area contributed by atoms with E-state index < -0.39 is 21.7 Å². The van der Waals surface area contributed by atoms with Crippen LogP contribution in [-0.2, 0) is 14.8 Å². The molecule has 0 aliphatic rings. The third-order valence-electron chi connectivity index (χ3n) is 3.92. The number of halogens is 1. The molecule has 10 nitrogen and oxygen atoms in total. The van der Waals surface area contributed by atoms with Crippen LogP contribution in [0.2, 0.25) is 0 Å². The number of primary sulfonamides is 1. The molecule has 2 aromatic carbocycles. The first-order valence-corrected chi connectivity index (χ1v) is 10.5. The predicted octanol–water partition coefficient (Wildman–Crippen LogP) is 2.00. The van der Waals surface area contributed by atoms with Crippen molar-refractivity contribution in [3.8, 4) is 5.75 Å². The summed E-state index contributed by atoms with van der Waals surface area (Å²) < 4.78 is 42.1. The zero-order chi connectivity index (χ0) is 22.4. The molecule has 6 N–H and O–H groups in total. The third kappa shape index (κ3) is 6.35. The Balaban J connectivity index is 1.67. The number of primary amides is 1. The maximum Gasteiger partial charge on any atom is 0.238 e. The van der Waals surface area contributed by atoms with Gasteiger partial charge in [-0.3, -0.25) is 4.79 Å². The van der Waals surface area contributed by atoms with Crippen LogP contribution >= 0.6 is 0 Å². The molecule has 12 heteroatoms. The van der Waals surface area contributed by atoms with Crippen LogP contribution in [0, 0.1) is 5.82 Å². The van der Waals surface area contributed by atoms with Crippen molar-refractivity contribution in [2.75, 3.05) is 17.2 Å². The fourth-order valence-electron chi connectivity index (χ4n) is 2.41. The topological polar surface area (TPSA) is 162 Å². The van der Waals surface area contributed by atoms with E-state index >= 15 is 0 Å². The van der Waals surface area contributed by atoms with E-state index in [1.165, 1.54) is 24.3 Å². The zero-order valence-corrected chi connectivity index (χ0v) is 16.9. The third-order valence-corrected chi connectivity index (χ3v) is 4.85. The van der Waals surface area contributed by atoms with Crippen molar-refractivity contribution in [3.05, 3.63) is 60.5 Å². The first kappa shape index (κ1) is 21.9. The van der Waals surface area contributed by atoms with Crippen LogP contribution in [0.15, 0.2) is 59.6 Å². The maximum atomic E-state index is 14.1. The van der Waals surface area contributed by atoms with Gasteiger partial charge >= 0.3 is 0 Å². The van der Waals surface area contributed by atoms with E-state index in [0.717, 1.165) is 6.20 Å². The summed E-state index contributed by atoms with van der Waals surface area (Å²) in [7, 11) is -3.80. The highest BCUT2D eigenvalue weighted by molar-refractivity contribution is 7.89. The lowest BCUT2D eigenvalue weighted by Crippen LogP contribution is -2.14. The Morgan fingerprint density at radius 1 is 1.03 bits per heavy atom. The molecule has 0 aliphatic carbocycles. The molecule has 0 fully saturated rings. The molecule has 0 saturated carbocycles. The van der Waals surface area contributed by atoms with Gasteiger partial charge in [0.1, 0.15) is 5.75 Å². The molecule has 3 rings (SSSR count). The number of amides is 1. The van der Waals surface area contributed by atoms with E-state index in [4.69, 9.17) is 15.6 Å². The Morgan fingerprint density at radius 3 is 2.26 bits per heavy atom. The normalized spacial score (nSPS) is 11.0. The summed E-state index contributed by atoms with van der Waals surface area (Å²) in [5, 5.41) is 10.8. The molecule has 1 aromatic heterocycles. The molecule has 1 amide bonds. The van der Waals surface area contributed by atoms with Crippen LogP contribution in [0.1, 0.15) is 6.42 Å². The summed E-state index contributed by atoms with van der Waals surface area (Å²) in [5.74, 6) is -0.570. The zero-order valence-electron chi connectivity index (χ0n) is 16.1. The Kier molecular flexibility index (Phi) is 6.62. The van der Waals surface area contributed by atoms with Crippen molar-refractivity contribution >= 4 is 39.1 Å². The minimum Gasteiger partial charge on any atom is -0.493 e. The summed E-state index contributed by atoms with van der Waals surface area (Å²) in [6.07, 6.45) is 1.10. The number of carbonyl (C=O) groups is 1. The first-order valence-electron chi connectivity index (χ1n) is 8.91. The van der Waals surface area contributed by atoms with E-state index in [9.17, 15) is 17.6 Å². The highest BCUT2D eigenvalue weighted by Gasteiger charge is 2.10.